The molecule has 3 nitrogen and oxygen atoms in total. The Balaban J connectivity index is 2.43. The fraction of sp³-hybridized carbons (Fsp3) is 0.0769. The van der Waals surface area contributed by atoms with Crippen molar-refractivity contribution in [2.75, 3.05) is 7.11 Å². The van der Waals surface area contributed by atoms with Gasteiger partial charge >= 0.3 is 5.97 Å². The van der Waals surface area contributed by atoms with Gasteiger partial charge in [-0.2, -0.15) is 0 Å². The molecule has 1 heterocycles. The molecule has 0 fully saturated rings. The quantitative estimate of drug-likeness (QED) is 0.765. The zero-order valence-electron chi connectivity index (χ0n) is 9.18. The zero-order valence-corrected chi connectivity index (χ0v) is 9.94. The second-order valence-electron chi connectivity index (χ2n) is 3.43. The Morgan fingerprint density at radius 1 is 1.29 bits per heavy atom. The third kappa shape index (κ3) is 2.63. The first-order chi connectivity index (χ1) is 8.20. The molecule has 1 aromatic heterocycles. The number of benzene rings is 1. The maximum atomic E-state index is 11.4. The number of nitrogens with zero attached hydrogens (tertiary/aromatic N) is 1. The van der Waals surface area contributed by atoms with E-state index < -0.39 is 0 Å². The van der Waals surface area contributed by atoms with E-state index in [4.69, 9.17) is 11.6 Å². The molecule has 4 heteroatoms. The van der Waals surface area contributed by atoms with E-state index in [0.717, 1.165) is 5.56 Å². The molecular weight excluding hydrogens is 238 g/mol. The number of carbonyl (C=O) groups excluding carboxylic acids is 1. The number of hydrogen-bond donors (Lipinski definition) is 0. The minimum atomic E-state index is -0.379. The number of methoxy groups -OCH3 is 1. The highest BCUT2D eigenvalue weighted by Gasteiger charge is 2.07. The summed E-state index contributed by atoms with van der Waals surface area (Å²) < 4.78 is 4.66. The van der Waals surface area contributed by atoms with E-state index in [2.05, 4.69) is 9.72 Å². The van der Waals surface area contributed by atoms with Crippen LogP contribution in [0, 0.1) is 0 Å². The highest BCUT2D eigenvalue weighted by Crippen LogP contribution is 2.21. The summed E-state index contributed by atoms with van der Waals surface area (Å²) in [6, 6.07) is 10.6. The predicted molar refractivity (Wildman–Crippen MR) is 66.0 cm³/mol. The van der Waals surface area contributed by atoms with E-state index in [9.17, 15) is 4.79 Å². The van der Waals surface area contributed by atoms with Gasteiger partial charge in [-0.25, -0.2) is 4.79 Å². The van der Waals surface area contributed by atoms with Crippen molar-refractivity contribution in [1.29, 1.82) is 0 Å². The number of rotatable bonds is 2. The lowest BCUT2D eigenvalue weighted by Crippen LogP contribution is -2.01. The topological polar surface area (TPSA) is 39.2 Å². The first kappa shape index (κ1) is 11.6. The minimum absolute atomic E-state index is 0.379. The van der Waals surface area contributed by atoms with Crippen LogP contribution in [-0.4, -0.2) is 18.1 Å². The lowest BCUT2D eigenvalue weighted by atomic mass is 10.1. The molecule has 0 saturated carbocycles. The van der Waals surface area contributed by atoms with Crippen molar-refractivity contribution < 1.29 is 9.53 Å². The van der Waals surface area contributed by atoms with Gasteiger partial charge in [-0.15, -0.1) is 0 Å². The van der Waals surface area contributed by atoms with Crippen molar-refractivity contribution in [2.24, 2.45) is 0 Å². The summed E-state index contributed by atoms with van der Waals surface area (Å²) in [4.78, 5) is 15.6. The summed E-state index contributed by atoms with van der Waals surface area (Å²) in [6.45, 7) is 0. The summed E-state index contributed by atoms with van der Waals surface area (Å²) >= 11 is 5.90. The molecule has 2 aromatic rings. The van der Waals surface area contributed by atoms with Gasteiger partial charge in [0, 0.05) is 16.8 Å². The molecule has 0 spiro atoms. The van der Waals surface area contributed by atoms with Crippen molar-refractivity contribution >= 4 is 17.6 Å². The second kappa shape index (κ2) is 4.97. The smallest absolute Gasteiger partial charge is 0.337 e. The predicted octanol–water partition coefficient (Wildman–Crippen LogP) is 3.19. The molecule has 0 N–H and O–H groups in total. The molecule has 0 aliphatic heterocycles. The fourth-order valence-corrected chi connectivity index (χ4v) is 1.67. The summed E-state index contributed by atoms with van der Waals surface area (Å²) in [6.07, 6.45) is 1.57. The van der Waals surface area contributed by atoms with Crippen molar-refractivity contribution in [2.45, 2.75) is 0 Å². The lowest BCUT2D eigenvalue weighted by molar-refractivity contribution is 0.0600. The molecule has 0 atom stereocenters. The van der Waals surface area contributed by atoms with Crippen molar-refractivity contribution in [3.63, 3.8) is 0 Å². The van der Waals surface area contributed by atoms with Gasteiger partial charge < -0.3 is 4.74 Å². The third-order valence-electron chi connectivity index (χ3n) is 2.30. The van der Waals surface area contributed by atoms with E-state index in [1.807, 2.05) is 12.1 Å². The number of aromatic nitrogens is 1. The Labute approximate surface area is 104 Å². The van der Waals surface area contributed by atoms with Crippen LogP contribution in [0.4, 0.5) is 0 Å². The number of esters is 1. The minimum Gasteiger partial charge on any atom is -0.465 e. The first-order valence-corrected chi connectivity index (χ1v) is 5.39. The van der Waals surface area contributed by atoms with Crippen LogP contribution in [-0.2, 0) is 4.74 Å². The Bertz CT molecular complexity index is 555. The van der Waals surface area contributed by atoms with Gasteiger partial charge in [-0.1, -0.05) is 23.7 Å². The summed E-state index contributed by atoms with van der Waals surface area (Å²) in [5.74, 6) is -0.379. The first-order valence-electron chi connectivity index (χ1n) is 5.01. The van der Waals surface area contributed by atoms with Crippen molar-refractivity contribution in [1.82, 2.24) is 4.98 Å². The Morgan fingerprint density at radius 2 is 2.12 bits per heavy atom. The molecule has 17 heavy (non-hydrogen) atoms. The highest BCUT2D eigenvalue weighted by molar-refractivity contribution is 6.30. The molecular formula is C13H10ClNO2. The molecule has 0 saturated heterocycles. The van der Waals surface area contributed by atoms with E-state index in [1.165, 1.54) is 7.11 Å². The Morgan fingerprint density at radius 3 is 2.82 bits per heavy atom. The fourth-order valence-electron chi connectivity index (χ4n) is 1.48. The SMILES string of the molecule is COC(=O)c1ccnc(-c2cccc(Cl)c2)c1. The van der Waals surface area contributed by atoms with Crippen molar-refractivity contribution in [3.05, 3.63) is 53.2 Å². The van der Waals surface area contributed by atoms with Gasteiger partial charge in [0.2, 0.25) is 0 Å². The normalized spacial score (nSPS) is 10.0. The van der Waals surface area contributed by atoms with Crippen LogP contribution in [0.5, 0.6) is 0 Å². The maximum absolute atomic E-state index is 11.4. The van der Waals surface area contributed by atoms with E-state index in [1.54, 1.807) is 30.5 Å². The van der Waals surface area contributed by atoms with E-state index in [-0.39, 0.29) is 5.97 Å². The van der Waals surface area contributed by atoms with E-state index in [0.29, 0.717) is 16.3 Å². The van der Waals surface area contributed by atoms with Crippen LogP contribution in [0.3, 0.4) is 0 Å². The number of ether oxygens (including phenoxy) is 1. The average Bonchev–Trinajstić information content (AvgIpc) is 2.38. The molecule has 0 bridgehead atoms. The molecule has 0 amide bonds. The molecule has 1 aromatic carbocycles. The summed E-state index contributed by atoms with van der Waals surface area (Å²) in [7, 11) is 1.35. The average molecular weight is 248 g/mol. The third-order valence-corrected chi connectivity index (χ3v) is 2.54. The highest BCUT2D eigenvalue weighted by atomic mass is 35.5. The number of carbonyl (C=O) groups is 1. The zero-order chi connectivity index (χ0) is 12.3. The number of hydrogen-bond acceptors (Lipinski definition) is 3. The molecule has 0 radical (unpaired) electrons. The standard InChI is InChI=1S/C13H10ClNO2/c1-17-13(16)10-5-6-15-12(8-10)9-3-2-4-11(14)7-9/h2-8H,1H3. The molecule has 0 aliphatic carbocycles. The van der Waals surface area contributed by atoms with Gasteiger partial charge in [-0.05, 0) is 24.3 Å². The Hall–Kier alpha value is -1.87. The van der Waals surface area contributed by atoms with Gasteiger partial charge in [0.05, 0.1) is 18.4 Å². The monoisotopic (exact) mass is 247 g/mol. The van der Waals surface area contributed by atoms with Gasteiger partial charge in [0.15, 0.2) is 0 Å². The van der Waals surface area contributed by atoms with Gasteiger partial charge in [0.1, 0.15) is 0 Å². The molecule has 86 valence electrons. The molecule has 0 unspecified atom stereocenters. The molecule has 2 rings (SSSR count). The van der Waals surface area contributed by atoms with Gasteiger partial charge in [0.25, 0.3) is 0 Å². The maximum Gasteiger partial charge on any atom is 0.337 e. The Kier molecular flexibility index (Phi) is 3.40. The molecule has 0 aliphatic rings. The van der Waals surface area contributed by atoms with E-state index >= 15 is 0 Å². The van der Waals surface area contributed by atoms with Crippen LogP contribution in [0.1, 0.15) is 10.4 Å². The van der Waals surface area contributed by atoms with Crippen molar-refractivity contribution in [3.8, 4) is 11.3 Å². The number of pyridine rings is 1. The largest absolute Gasteiger partial charge is 0.465 e. The van der Waals surface area contributed by atoms with Crippen LogP contribution in [0.2, 0.25) is 5.02 Å². The van der Waals surface area contributed by atoms with Crippen LogP contribution in [0.15, 0.2) is 42.6 Å². The summed E-state index contributed by atoms with van der Waals surface area (Å²) in [5.41, 5.74) is 2.02. The van der Waals surface area contributed by atoms with Crippen LogP contribution < -0.4 is 0 Å². The van der Waals surface area contributed by atoms with Gasteiger partial charge in [-0.3, -0.25) is 4.98 Å². The second-order valence-corrected chi connectivity index (χ2v) is 3.87. The lowest BCUT2D eigenvalue weighted by Gasteiger charge is -2.03. The summed E-state index contributed by atoms with van der Waals surface area (Å²) in [5, 5.41) is 0.632. The van der Waals surface area contributed by atoms with Crippen LogP contribution in [0.25, 0.3) is 11.3 Å². The van der Waals surface area contributed by atoms with Crippen LogP contribution >= 0.6 is 11.6 Å². The number of halogens is 1.